The maximum Gasteiger partial charge on any atom is 0.435 e. The Morgan fingerprint density at radius 1 is 1.40 bits per heavy atom. The SMILES string of the molecule is FC(F)(F)c1cc(Cc2nccs2)[nH]n1. The molecule has 3 nitrogen and oxygen atoms in total. The number of halogens is 3. The minimum absolute atomic E-state index is 0.348. The number of hydrogen-bond donors (Lipinski definition) is 1. The second-order valence-corrected chi connectivity index (χ2v) is 3.86. The second kappa shape index (κ2) is 3.65. The lowest BCUT2D eigenvalue weighted by molar-refractivity contribution is -0.141. The number of thiazole rings is 1. The highest BCUT2D eigenvalue weighted by Gasteiger charge is 2.33. The quantitative estimate of drug-likeness (QED) is 0.865. The van der Waals surface area contributed by atoms with Gasteiger partial charge in [0, 0.05) is 23.7 Å². The first-order valence-electron chi connectivity index (χ1n) is 4.05. The van der Waals surface area contributed by atoms with Crippen LogP contribution < -0.4 is 0 Å². The van der Waals surface area contributed by atoms with E-state index in [1.165, 1.54) is 11.3 Å². The van der Waals surface area contributed by atoms with Gasteiger partial charge in [-0.2, -0.15) is 18.3 Å². The summed E-state index contributed by atoms with van der Waals surface area (Å²) in [5.41, 5.74) is -0.480. The van der Waals surface area contributed by atoms with Crippen molar-refractivity contribution in [1.29, 1.82) is 0 Å². The fourth-order valence-electron chi connectivity index (χ4n) is 1.10. The lowest BCUT2D eigenvalue weighted by atomic mass is 10.3. The van der Waals surface area contributed by atoms with E-state index in [9.17, 15) is 13.2 Å². The van der Waals surface area contributed by atoms with Gasteiger partial charge in [0.05, 0.1) is 5.01 Å². The lowest BCUT2D eigenvalue weighted by Crippen LogP contribution is -2.04. The number of rotatable bonds is 2. The molecule has 2 rings (SSSR count). The van der Waals surface area contributed by atoms with Crippen LogP contribution in [-0.2, 0) is 12.6 Å². The third-order valence-electron chi connectivity index (χ3n) is 1.75. The van der Waals surface area contributed by atoms with Crippen molar-refractivity contribution in [3.05, 3.63) is 34.0 Å². The van der Waals surface area contributed by atoms with Crippen molar-refractivity contribution < 1.29 is 13.2 Å². The van der Waals surface area contributed by atoms with Crippen molar-refractivity contribution in [3.63, 3.8) is 0 Å². The molecule has 0 aliphatic rings. The fourth-order valence-corrected chi connectivity index (χ4v) is 1.74. The van der Waals surface area contributed by atoms with Crippen molar-refractivity contribution >= 4 is 11.3 Å². The molecule has 7 heteroatoms. The summed E-state index contributed by atoms with van der Waals surface area (Å²) >= 11 is 1.39. The van der Waals surface area contributed by atoms with Crippen LogP contribution in [0, 0.1) is 0 Å². The van der Waals surface area contributed by atoms with E-state index in [0.29, 0.717) is 12.1 Å². The van der Waals surface area contributed by atoms with E-state index in [1.54, 1.807) is 11.6 Å². The first kappa shape index (κ1) is 10.2. The summed E-state index contributed by atoms with van der Waals surface area (Å²) in [5, 5.41) is 8.07. The van der Waals surface area contributed by atoms with Gasteiger partial charge < -0.3 is 0 Å². The van der Waals surface area contributed by atoms with Crippen molar-refractivity contribution in [1.82, 2.24) is 15.2 Å². The predicted molar refractivity (Wildman–Crippen MR) is 48.5 cm³/mol. The van der Waals surface area contributed by atoms with Gasteiger partial charge in [0.2, 0.25) is 0 Å². The van der Waals surface area contributed by atoms with Crippen LogP contribution >= 0.6 is 11.3 Å². The molecule has 0 aliphatic heterocycles. The molecule has 0 bridgehead atoms. The predicted octanol–water partition coefficient (Wildman–Crippen LogP) is 2.48. The Morgan fingerprint density at radius 3 is 2.73 bits per heavy atom. The zero-order chi connectivity index (χ0) is 10.9. The average molecular weight is 233 g/mol. The van der Waals surface area contributed by atoms with E-state index in [2.05, 4.69) is 15.2 Å². The Hall–Kier alpha value is -1.37. The highest BCUT2D eigenvalue weighted by molar-refractivity contribution is 7.09. The minimum Gasteiger partial charge on any atom is -0.282 e. The third-order valence-corrected chi connectivity index (χ3v) is 2.53. The number of nitrogens with zero attached hydrogens (tertiary/aromatic N) is 2. The summed E-state index contributed by atoms with van der Waals surface area (Å²) in [7, 11) is 0. The van der Waals surface area contributed by atoms with Gasteiger partial charge >= 0.3 is 6.18 Å². The molecule has 0 radical (unpaired) electrons. The van der Waals surface area contributed by atoms with E-state index in [4.69, 9.17) is 0 Å². The number of aromatic nitrogens is 3. The first-order chi connectivity index (χ1) is 7.05. The summed E-state index contributed by atoms with van der Waals surface area (Å²) in [5.74, 6) is 0. The summed E-state index contributed by atoms with van der Waals surface area (Å²) < 4.78 is 36.6. The molecule has 0 saturated carbocycles. The molecule has 0 saturated heterocycles. The van der Waals surface area contributed by atoms with Gasteiger partial charge in [-0.15, -0.1) is 11.3 Å². The zero-order valence-corrected chi connectivity index (χ0v) is 8.19. The monoisotopic (exact) mass is 233 g/mol. The van der Waals surface area contributed by atoms with Crippen LogP contribution in [0.1, 0.15) is 16.4 Å². The molecular formula is C8H6F3N3S. The van der Waals surface area contributed by atoms with Gasteiger partial charge in [0.25, 0.3) is 0 Å². The Labute approximate surface area is 87.0 Å². The molecule has 0 spiro atoms. The van der Waals surface area contributed by atoms with Crippen LogP contribution in [0.2, 0.25) is 0 Å². The largest absolute Gasteiger partial charge is 0.435 e. The number of hydrogen-bond acceptors (Lipinski definition) is 3. The Morgan fingerprint density at radius 2 is 2.20 bits per heavy atom. The molecule has 80 valence electrons. The molecule has 1 N–H and O–H groups in total. The maximum absolute atomic E-state index is 12.2. The number of H-pyrrole nitrogens is 1. The van der Waals surface area contributed by atoms with Gasteiger partial charge in [-0.3, -0.25) is 5.10 Å². The summed E-state index contributed by atoms with van der Waals surface area (Å²) in [6, 6.07) is 1.00. The Kier molecular flexibility index (Phi) is 2.47. The fraction of sp³-hybridized carbons (Fsp3) is 0.250. The Bertz CT molecular complexity index is 432. The summed E-state index contributed by atoms with van der Waals surface area (Å²) in [6.07, 6.45) is -2.43. The maximum atomic E-state index is 12.2. The van der Waals surface area contributed by atoms with E-state index < -0.39 is 11.9 Å². The van der Waals surface area contributed by atoms with Crippen molar-refractivity contribution in [3.8, 4) is 0 Å². The highest BCUT2D eigenvalue weighted by Crippen LogP contribution is 2.28. The molecule has 2 aromatic heterocycles. The van der Waals surface area contributed by atoms with E-state index >= 15 is 0 Å². The lowest BCUT2D eigenvalue weighted by Gasteiger charge is -1.98. The van der Waals surface area contributed by atoms with Gasteiger partial charge in [-0.05, 0) is 6.07 Å². The third kappa shape index (κ3) is 2.35. The second-order valence-electron chi connectivity index (χ2n) is 2.88. The molecule has 15 heavy (non-hydrogen) atoms. The zero-order valence-electron chi connectivity index (χ0n) is 7.38. The smallest absolute Gasteiger partial charge is 0.282 e. The van der Waals surface area contributed by atoms with Gasteiger partial charge in [0.1, 0.15) is 0 Å². The van der Waals surface area contributed by atoms with Crippen molar-refractivity contribution in [2.24, 2.45) is 0 Å². The van der Waals surface area contributed by atoms with Crippen molar-refractivity contribution in [2.45, 2.75) is 12.6 Å². The molecule has 0 amide bonds. The van der Waals surface area contributed by atoms with Crippen LogP contribution in [-0.4, -0.2) is 15.2 Å². The van der Waals surface area contributed by atoms with Crippen LogP contribution in [0.4, 0.5) is 13.2 Å². The number of nitrogens with one attached hydrogen (secondary N) is 1. The van der Waals surface area contributed by atoms with E-state index in [-0.39, 0.29) is 0 Å². The number of alkyl halides is 3. The molecule has 0 fully saturated rings. The molecular weight excluding hydrogens is 227 g/mol. The normalized spacial score (nSPS) is 11.9. The molecule has 0 aromatic carbocycles. The number of aromatic amines is 1. The van der Waals surface area contributed by atoms with Crippen LogP contribution in [0.3, 0.4) is 0 Å². The summed E-state index contributed by atoms with van der Waals surface area (Å²) in [4.78, 5) is 3.97. The van der Waals surface area contributed by atoms with E-state index in [0.717, 1.165) is 11.1 Å². The molecule has 0 unspecified atom stereocenters. The van der Waals surface area contributed by atoms with Crippen LogP contribution in [0.5, 0.6) is 0 Å². The first-order valence-corrected chi connectivity index (χ1v) is 4.93. The van der Waals surface area contributed by atoms with Crippen molar-refractivity contribution in [2.75, 3.05) is 0 Å². The topological polar surface area (TPSA) is 41.6 Å². The molecule has 0 atom stereocenters. The highest BCUT2D eigenvalue weighted by atomic mass is 32.1. The van der Waals surface area contributed by atoms with Gasteiger partial charge in [-0.25, -0.2) is 4.98 Å². The molecule has 2 aromatic rings. The minimum atomic E-state index is -4.39. The molecule has 2 heterocycles. The Balaban J connectivity index is 2.15. The van der Waals surface area contributed by atoms with Gasteiger partial charge in [0.15, 0.2) is 5.69 Å². The standard InChI is InChI=1S/C8H6F3N3S/c9-8(10,11)6-3-5(13-14-6)4-7-12-1-2-15-7/h1-3H,4H2,(H,13,14). The molecule has 0 aliphatic carbocycles. The average Bonchev–Trinajstić information content (AvgIpc) is 2.73. The van der Waals surface area contributed by atoms with Gasteiger partial charge in [-0.1, -0.05) is 0 Å². The van der Waals surface area contributed by atoms with Crippen LogP contribution in [0.15, 0.2) is 17.6 Å². The summed E-state index contributed by atoms with van der Waals surface area (Å²) in [6.45, 7) is 0. The van der Waals surface area contributed by atoms with E-state index in [1.807, 2.05) is 0 Å². The van der Waals surface area contributed by atoms with Crippen LogP contribution in [0.25, 0.3) is 0 Å².